The Kier molecular flexibility index (Phi) is 15.5. The Labute approximate surface area is 349 Å². The fourth-order valence-electron chi connectivity index (χ4n) is 7.32. The lowest BCUT2D eigenvalue weighted by Crippen LogP contribution is -2.60. The fraction of sp³-hybridized carbons (Fsp3) is 0.476. The highest BCUT2D eigenvalue weighted by atomic mass is 32.2. The van der Waals surface area contributed by atoms with E-state index in [9.17, 15) is 19.2 Å². The number of nitrogens with zero attached hydrogens (tertiary/aromatic N) is 1. The van der Waals surface area contributed by atoms with E-state index < -0.39 is 55.3 Å². The summed E-state index contributed by atoms with van der Waals surface area (Å²) in [4.78, 5) is 57.1. The van der Waals surface area contributed by atoms with Crippen LogP contribution in [0.2, 0.25) is 0 Å². The third-order valence-corrected chi connectivity index (χ3v) is 13.8. The Bertz CT molecular complexity index is 1870. The summed E-state index contributed by atoms with van der Waals surface area (Å²) in [6.45, 7) is 6.59. The van der Waals surface area contributed by atoms with Crippen molar-refractivity contribution in [3.05, 3.63) is 72.8 Å². The van der Waals surface area contributed by atoms with Crippen molar-refractivity contribution in [2.24, 2.45) is 11.3 Å². The minimum atomic E-state index is -4.16. The number of amides is 3. The van der Waals surface area contributed by atoms with Crippen molar-refractivity contribution in [3.8, 4) is 23.0 Å². The molecule has 3 aromatic rings. The molecular weight excluding hydrogens is 802 g/mol. The summed E-state index contributed by atoms with van der Waals surface area (Å²) in [5.74, 6) is -2.07. The first-order chi connectivity index (χ1) is 27.6. The van der Waals surface area contributed by atoms with E-state index in [0.29, 0.717) is 35.8 Å². The zero-order valence-electron chi connectivity index (χ0n) is 33.8. The Morgan fingerprint density at radius 3 is 1.81 bits per heavy atom. The lowest BCUT2D eigenvalue weighted by molar-refractivity contribution is -0.146. The average molecular weight is 856 g/mol. The molecule has 58 heavy (non-hydrogen) atoms. The topological polar surface area (TPSA) is 170 Å². The van der Waals surface area contributed by atoms with Gasteiger partial charge in [-0.15, -0.1) is 23.5 Å². The van der Waals surface area contributed by atoms with Crippen LogP contribution in [-0.2, 0) is 23.7 Å². The quantitative estimate of drug-likeness (QED) is 0.0789. The van der Waals surface area contributed by atoms with Crippen LogP contribution in [0.4, 0.5) is 0 Å². The second kappa shape index (κ2) is 20.1. The lowest BCUT2D eigenvalue weighted by atomic mass is 9.85. The van der Waals surface area contributed by atoms with E-state index in [1.807, 2.05) is 64.5 Å². The normalized spacial score (nSPS) is 18.7. The molecule has 16 heteroatoms. The first-order valence-electron chi connectivity index (χ1n) is 19.4. The molecule has 3 aromatic carbocycles. The molecule has 0 radical (unpaired) electrons. The van der Waals surface area contributed by atoms with E-state index in [2.05, 4.69) is 10.6 Å². The Morgan fingerprint density at radius 2 is 1.33 bits per heavy atom. The molecule has 0 aromatic heterocycles. The number of hydrogen-bond acceptors (Lipinski definition) is 11. The number of benzene rings is 3. The molecular formula is C42H54N3O10PS2. The van der Waals surface area contributed by atoms with Crippen molar-refractivity contribution in [2.75, 3.05) is 25.7 Å². The van der Waals surface area contributed by atoms with Crippen LogP contribution in [-0.4, -0.2) is 83.3 Å². The summed E-state index contributed by atoms with van der Waals surface area (Å²) in [5.41, 5.74) is -0.743. The van der Waals surface area contributed by atoms with Crippen molar-refractivity contribution in [2.45, 2.75) is 99.9 Å². The van der Waals surface area contributed by atoms with Crippen LogP contribution in [0, 0.1) is 11.3 Å². The maximum Gasteiger partial charge on any atom is 0.452 e. The SMILES string of the molecule is CCC[C@H](NC(=O)[C@@H]1C[C@@H]2CCC[C@@H]2N1C(=O)[C@@H](NC(=O)COc1ccc(OCC(=O)O)cc1)C(C)(C)C)P(=O)(Oc1ccc(SC)cc1)Oc1ccc(SC)cc1. The van der Waals surface area contributed by atoms with Gasteiger partial charge in [-0.2, -0.15) is 0 Å². The molecule has 5 atom stereocenters. The number of likely N-dealkylation sites (tertiary alicyclic amines) is 1. The number of rotatable bonds is 19. The standard InChI is InChI=1S/C42H54N3O10PS2/c1-7-9-37(56(51,54-30-16-20-32(57-5)21-17-30)55-31-18-22-33(58-6)23-19-31)44-40(49)35-24-27-10-8-11-34(27)45(35)41(50)39(42(2,3)4)43-36(46)25-52-28-12-14-29(15-13-28)53-26-38(47)48/h12-23,27,34-35,37,39H,7-11,24-26H2,1-6H3,(H,43,46)(H,44,49)(H,47,48)/t27-,34-,35-,37+,39+/m0/s1. The third kappa shape index (κ3) is 11.7. The van der Waals surface area contributed by atoms with Crippen LogP contribution in [0.25, 0.3) is 0 Å². The first kappa shape index (κ1) is 44.8. The summed E-state index contributed by atoms with van der Waals surface area (Å²) >= 11 is 3.13. The molecule has 3 N–H and O–H groups in total. The molecule has 314 valence electrons. The van der Waals surface area contributed by atoms with Gasteiger partial charge in [-0.1, -0.05) is 40.5 Å². The van der Waals surface area contributed by atoms with E-state index in [1.165, 1.54) is 12.1 Å². The molecule has 2 aliphatic rings. The molecule has 1 heterocycles. The van der Waals surface area contributed by atoms with Crippen LogP contribution in [0.5, 0.6) is 23.0 Å². The highest BCUT2D eigenvalue weighted by Gasteiger charge is 2.52. The predicted molar refractivity (Wildman–Crippen MR) is 225 cm³/mol. The number of nitrogens with one attached hydrogen (secondary N) is 2. The van der Waals surface area contributed by atoms with Crippen molar-refractivity contribution in [1.29, 1.82) is 0 Å². The van der Waals surface area contributed by atoms with Crippen molar-refractivity contribution < 1.29 is 47.4 Å². The maximum atomic E-state index is 15.1. The van der Waals surface area contributed by atoms with Crippen LogP contribution in [0.1, 0.15) is 66.2 Å². The molecule has 1 saturated carbocycles. The van der Waals surface area contributed by atoms with E-state index >= 15 is 4.57 Å². The highest BCUT2D eigenvalue weighted by molar-refractivity contribution is 7.98. The van der Waals surface area contributed by atoms with E-state index in [0.717, 1.165) is 29.1 Å². The zero-order chi connectivity index (χ0) is 42.0. The van der Waals surface area contributed by atoms with Gasteiger partial charge < -0.3 is 39.2 Å². The summed E-state index contributed by atoms with van der Waals surface area (Å²) < 4.78 is 38.4. The van der Waals surface area contributed by atoms with Gasteiger partial charge in [0, 0.05) is 15.8 Å². The second-order valence-electron chi connectivity index (χ2n) is 15.5. The van der Waals surface area contributed by atoms with Gasteiger partial charge >= 0.3 is 13.6 Å². The van der Waals surface area contributed by atoms with Gasteiger partial charge in [0.1, 0.15) is 35.1 Å². The number of carbonyl (C=O) groups is 4. The molecule has 0 unspecified atom stereocenters. The van der Waals surface area contributed by atoms with Gasteiger partial charge in [-0.3, -0.25) is 14.4 Å². The van der Waals surface area contributed by atoms with Gasteiger partial charge in [-0.05, 0) is 122 Å². The molecule has 1 aliphatic heterocycles. The molecule has 13 nitrogen and oxygen atoms in total. The smallest absolute Gasteiger partial charge is 0.452 e. The number of ether oxygens (including phenoxy) is 2. The van der Waals surface area contributed by atoms with E-state index in [1.54, 1.807) is 64.8 Å². The third-order valence-electron chi connectivity index (χ3n) is 10.2. The minimum Gasteiger partial charge on any atom is -0.484 e. The maximum absolute atomic E-state index is 15.1. The number of carbonyl (C=O) groups excluding carboxylic acids is 3. The predicted octanol–water partition coefficient (Wildman–Crippen LogP) is 7.87. The second-order valence-corrected chi connectivity index (χ2v) is 19.3. The first-order valence-corrected chi connectivity index (χ1v) is 23.5. The number of aliphatic carboxylic acids is 1. The number of carboxylic acids is 1. The van der Waals surface area contributed by atoms with Crippen LogP contribution in [0.3, 0.4) is 0 Å². The summed E-state index contributed by atoms with van der Waals surface area (Å²) in [7, 11) is -4.16. The van der Waals surface area contributed by atoms with Gasteiger partial charge in [0.2, 0.25) is 11.8 Å². The van der Waals surface area contributed by atoms with E-state index in [4.69, 9.17) is 23.6 Å². The van der Waals surface area contributed by atoms with E-state index in [-0.39, 0.29) is 30.9 Å². The molecule has 0 bridgehead atoms. The Hall–Kier alpha value is -4.33. The van der Waals surface area contributed by atoms with Crippen molar-refractivity contribution >= 4 is 54.8 Å². The number of fused-ring (bicyclic) bond motifs is 1. The molecule has 2 fully saturated rings. The van der Waals surface area contributed by atoms with Gasteiger partial charge in [0.05, 0.1) is 0 Å². The van der Waals surface area contributed by atoms with Gasteiger partial charge in [0.25, 0.3) is 5.91 Å². The Balaban J connectivity index is 1.36. The molecule has 3 amide bonds. The summed E-state index contributed by atoms with van der Waals surface area (Å²) in [6.07, 6.45) is 7.67. The number of carboxylic acid groups (broad SMARTS) is 1. The van der Waals surface area contributed by atoms with Gasteiger partial charge in [0.15, 0.2) is 19.0 Å². The lowest BCUT2D eigenvalue weighted by Gasteiger charge is -2.38. The fourth-order valence-corrected chi connectivity index (χ4v) is 10.1. The molecule has 5 rings (SSSR count). The monoisotopic (exact) mass is 855 g/mol. The number of thioether (sulfide) groups is 2. The van der Waals surface area contributed by atoms with Crippen LogP contribution in [0.15, 0.2) is 82.6 Å². The summed E-state index contributed by atoms with van der Waals surface area (Å²) in [6, 6.07) is 18.4. The molecule has 1 saturated heterocycles. The van der Waals surface area contributed by atoms with Crippen LogP contribution >= 0.6 is 31.1 Å². The minimum absolute atomic E-state index is 0.0932. The van der Waals surface area contributed by atoms with Crippen LogP contribution < -0.4 is 29.2 Å². The van der Waals surface area contributed by atoms with Crippen molar-refractivity contribution in [3.63, 3.8) is 0 Å². The Morgan fingerprint density at radius 1 is 0.810 bits per heavy atom. The van der Waals surface area contributed by atoms with Crippen molar-refractivity contribution in [1.82, 2.24) is 15.5 Å². The molecule has 1 aliphatic carbocycles. The molecule has 0 spiro atoms. The number of hydrogen-bond donors (Lipinski definition) is 3. The highest BCUT2D eigenvalue weighted by Crippen LogP contribution is 2.54. The summed E-state index contributed by atoms with van der Waals surface area (Å²) in [5, 5.41) is 14.8. The van der Waals surface area contributed by atoms with Gasteiger partial charge in [-0.25, -0.2) is 9.36 Å². The largest absolute Gasteiger partial charge is 0.484 e. The zero-order valence-corrected chi connectivity index (χ0v) is 36.3. The average Bonchev–Trinajstić information content (AvgIpc) is 3.81.